The number of aliphatic hydroxyl groups excluding tert-OH is 1. The van der Waals surface area contributed by atoms with Crippen molar-refractivity contribution in [1.29, 1.82) is 0 Å². The Hall–Kier alpha value is -1.54. The number of amides is 1. The van der Waals surface area contributed by atoms with E-state index in [2.05, 4.69) is 67.8 Å². The molecule has 1 amide bonds. The van der Waals surface area contributed by atoms with Gasteiger partial charge in [-0.2, -0.15) is 0 Å². The molecule has 3 atom stereocenters. The zero-order chi connectivity index (χ0) is 51.3. The van der Waals surface area contributed by atoms with Gasteiger partial charge in [0, 0.05) is 6.42 Å². The van der Waals surface area contributed by atoms with Crippen LogP contribution in [0.15, 0.2) is 48.6 Å². The summed E-state index contributed by atoms with van der Waals surface area (Å²) in [6, 6.07) is -0.766. The summed E-state index contributed by atoms with van der Waals surface area (Å²) in [4.78, 5) is 23.4. The van der Waals surface area contributed by atoms with Crippen LogP contribution in [0.1, 0.15) is 284 Å². The second-order valence-corrected chi connectivity index (χ2v) is 23.2. The highest BCUT2D eigenvalue weighted by Gasteiger charge is 2.28. The molecule has 0 aromatic heterocycles. The van der Waals surface area contributed by atoms with Crippen molar-refractivity contribution in [2.45, 2.75) is 296 Å². The van der Waals surface area contributed by atoms with E-state index in [0.717, 1.165) is 64.2 Å². The van der Waals surface area contributed by atoms with Gasteiger partial charge in [-0.1, -0.05) is 274 Å². The van der Waals surface area contributed by atoms with Gasteiger partial charge in [0.15, 0.2) is 0 Å². The molecule has 0 aromatic carbocycles. The minimum absolute atomic E-state index is 0.0731. The highest BCUT2D eigenvalue weighted by Crippen LogP contribution is 2.43. The van der Waals surface area contributed by atoms with E-state index < -0.39 is 20.0 Å². The van der Waals surface area contributed by atoms with E-state index >= 15 is 0 Å². The second-order valence-electron chi connectivity index (χ2n) is 21.7. The summed E-state index contributed by atoms with van der Waals surface area (Å²) < 4.78 is 23.8. The molecule has 0 radical (unpaired) electrons. The van der Waals surface area contributed by atoms with Gasteiger partial charge >= 0.3 is 7.82 Å². The minimum atomic E-state index is -4.33. The van der Waals surface area contributed by atoms with Crippen molar-refractivity contribution in [3.63, 3.8) is 0 Å². The lowest BCUT2D eigenvalue weighted by Gasteiger charge is -2.26. The van der Waals surface area contributed by atoms with Gasteiger partial charge in [0.1, 0.15) is 13.2 Å². The Labute approximate surface area is 435 Å². The Balaban J connectivity index is 4.14. The van der Waals surface area contributed by atoms with Crippen molar-refractivity contribution in [2.75, 3.05) is 40.9 Å². The van der Waals surface area contributed by atoms with Crippen LogP contribution in [-0.4, -0.2) is 73.4 Å². The number of phosphoric ester groups is 1. The van der Waals surface area contributed by atoms with E-state index in [4.69, 9.17) is 9.05 Å². The average Bonchev–Trinajstić information content (AvgIpc) is 3.32. The Morgan fingerprint density at radius 3 is 1.26 bits per heavy atom. The summed E-state index contributed by atoms with van der Waals surface area (Å²) in [5.74, 6) is -0.147. The molecule has 3 unspecified atom stereocenters. The van der Waals surface area contributed by atoms with E-state index in [1.807, 2.05) is 21.1 Å². The fourth-order valence-electron chi connectivity index (χ4n) is 8.92. The zero-order valence-electron chi connectivity index (χ0n) is 47.0. The highest BCUT2D eigenvalue weighted by atomic mass is 31.2. The number of aliphatic hydroxyl groups is 1. The molecule has 0 aromatic rings. The molecular formula is C61H118N2O6P+. The lowest BCUT2D eigenvalue weighted by molar-refractivity contribution is -0.870. The van der Waals surface area contributed by atoms with Crippen molar-refractivity contribution >= 4 is 13.7 Å². The maximum Gasteiger partial charge on any atom is 0.472 e. The summed E-state index contributed by atoms with van der Waals surface area (Å²) in [7, 11) is 1.62. The van der Waals surface area contributed by atoms with E-state index in [1.165, 1.54) is 193 Å². The van der Waals surface area contributed by atoms with Crippen LogP contribution in [0.3, 0.4) is 0 Å². The number of carbonyl (C=O) groups is 1. The van der Waals surface area contributed by atoms with Crippen LogP contribution in [0.25, 0.3) is 0 Å². The van der Waals surface area contributed by atoms with E-state index in [-0.39, 0.29) is 19.1 Å². The van der Waals surface area contributed by atoms with Crippen LogP contribution in [0.5, 0.6) is 0 Å². The lowest BCUT2D eigenvalue weighted by atomic mass is 10.0. The molecule has 70 heavy (non-hydrogen) atoms. The first-order valence-electron chi connectivity index (χ1n) is 30.0. The highest BCUT2D eigenvalue weighted by molar-refractivity contribution is 7.47. The van der Waals surface area contributed by atoms with Crippen LogP contribution in [0.4, 0.5) is 0 Å². The van der Waals surface area contributed by atoms with Gasteiger partial charge in [0.2, 0.25) is 5.91 Å². The van der Waals surface area contributed by atoms with Crippen LogP contribution in [0, 0.1) is 0 Å². The van der Waals surface area contributed by atoms with Gasteiger partial charge in [-0.25, -0.2) is 4.57 Å². The number of phosphoric acid groups is 1. The van der Waals surface area contributed by atoms with Crippen molar-refractivity contribution in [3.05, 3.63) is 48.6 Å². The van der Waals surface area contributed by atoms with Gasteiger partial charge in [-0.15, -0.1) is 0 Å². The van der Waals surface area contributed by atoms with Crippen molar-refractivity contribution < 1.29 is 32.9 Å². The Morgan fingerprint density at radius 2 is 0.857 bits per heavy atom. The molecule has 8 nitrogen and oxygen atoms in total. The van der Waals surface area contributed by atoms with Gasteiger partial charge in [0.25, 0.3) is 0 Å². The predicted molar refractivity (Wildman–Crippen MR) is 304 cm³/mol. The molecule has 0 fully saturated rings. The summed E-state index contributed by atoms with van der Waals surface area (Å²) in [6.07, 6.45) is 68.8. The molecule has 0 aliphatic heterocycles. The maximum absolute atomic E-state index is 13.0. The van der Waals surface area contributed by atoms with Gasteiger partial charge in [0.05, 0.1) is 39.9 Å². The average molecular weight is 1010 g/mol. The third-order valence-corrected chi connectivity index (χ3v) is 14.6. The normalized spacial score (nSPS) is 14.2. The van der Waals surface area contributed by atoms with Crippen molar-refractivity contribution in [3.8, 4) is 0 Å². The Kier molecular flexibility index (Phi) is 51.2. The van der Waals surface area contributed by atoms with Gasteiger partial charge in [-0.05, 0) is 51.4 Å². The van der Waals surface area contributed by atoms with E-state index in [1.54, 1.807) is 0 Å². The molecule has 0 rings (SSSR count). The number of rotatable bonds is 55. The quantitative estimate of drug-likeness (QED) is 0.0243. The number of allylic oxidation sites excluding steroid dienone is 8. The molecule has 9 heteroatoms. The smallest absolute Gasteiger partial charge is 0.391 e. The molecule has 0 saturated carbocycles. The number of nitrogens with one attached hydrogen (secondary N) is 1. The predicted octanol–water partition coefficient (Wildman–Crippen LogP) is 18.3. The van der Waals surface area contributed by atoms with Crippen LogP contribution in [0.2, 0.25) is 0 Å². The lowest BCUT2D eigenvalue weighted by Crippen LogP contribution is -2.46. The molecule has 0 aliphatic rings. The standard InChI is InChI=1S/C61H117N2O6P/c1-6-8-10-12-14-16-18-20-22-24-26-28-30-31-33-34-36-38-40-42-44-46-48-50-52-54-60(64)59(58-69-70(66,67)68-57-56-63(3,4)5)62-61(65)55-53-51-49-47-45-43-41-39-37-35-32-29-27-25-23-21-19-17-15-13-11-9-7-2/h9,11,15,17,21,23,27,29,59-60,64H,6-8,10,12-14,16,18-20,22,24-26,28,30-58H2,1-5H3,(H-,62,65,66,67)/p+1/b11-9-,17-15-,23-21-,29-27-. The zero-order valence-corrected chi connectivity index (χ0v) is 47.9. The molecule has 0 aliphatic carbocycles. The van der Waals surface area contributed by atoms with Crippen molar-refractivity contribution in [1.82, 2.24) is 5.32 Å². The molecular weight excluding hydrogens is 888 g/mol. The monoisotopic (exact) mass is 1010 g/mol. The van der Waals surface area contributed by atoms with E-state index in [9.17, 15) is 19.4 Å². The van der Waals surface area contributed by atoms with Crippen LogP contribution in [-0.2, 0) is 18.4 Å². The number of carbonyl (C=O) groups excluding carboxylic acids is 1. The van der Waals surface area contributed by atoms with Crippen LogP contribution < -0.4 is 5.32 Å². The number of unbranched alkanes of at least 4 members (excludes halogenated alkanes) is 34. The number of quaternary nitrogens is 1. The second kappa shape index (κ2) is 52.3. The summed E-state index contributed by atoms with van der Waals surface area (Å²) in [5.41, 5.74) is 0. The number of hydrogen-bond donors (Lipinski definition) is 3. The largest absolute Gasteiger partial charge is 0.472 e. The Morgan fingerprint density at radius 1 is 0.500 bits per heavy atom. The first-order valence-corrected chi connectivity index (χ1v) is 31.5. The SMILES string of the molecule is CC/C=C\C/C=C\C/C=C\C/C=C\CCCCCCCCCCCCC(=O)NC(COP(=O)(O)OCC[N+](C)(C)C)C(O)CCCCCCCCCCCCCCCCCCCCCCCCCCC. The molecule has 0 saturated heterocycles. The van der Waals surface area contributed by atoms with Gasteiger partial charge in [-0.3, -0.25) is 13.8 Å². The topological polar surface area (TPSA) is 105 Å². The minimum Gasteiger partial charge on any atom is -0.391 e. The number of likely N-dealkylation sites (N-methyl/N-ethyl adjacent to an activating group) is 1. The molecule has 0 bridgehead atoms. The van der Waals surface area contributed by atoms with E-state index in [0.29, 0.717) is 23.9 Å². The first-order chi connectivity index (χ1) is 34.0. The molecule has 0 spiro atoms. The third-order valence-electron chi connectivity index (χ3n) is 13.6. The van der Waals surface area contributed by atoms with Crippen molar-refractivity contribution in [2.24, 2.45) is 0 Å². The fourth-order valence-corrected chi connectivity index (χ4v) is 9.66. The van der Waals surface area contributed by atoms with Gasteiger partial charge < -0.3 is 19.8 Å². The molecule has 0 heterocycles. The fraction of sp³-hybridized carbons (Fsp3) is 0.852. The molecule has 412 valence electrons. The van der Waals surface area contributed by atoms with Crippen LogP contribution >= 0.6 is 7.82 Å². The Bertz CT molecular complexity index is 1280. The molecule has 3 N–H and O–H groups in total. The first kappa shape index (κ1) is 68.5. The number of hydrogen-bond acceptors (Lipinski definition) is 5. The maximum atomic E-state index is 13.0. The third kappa shape index (κ3) is 54.2. The summed E-state index contributed by atoms with van der Waals surface area (Å²) >= 11 is 0. The summed E-state index contributed by atoms with van der Waals surface area (Å²) in [6.45, 7) is 4.81. The number of nitrogens with zero attached hydrogens (tertiary/aromatic N) is 1. The summed E-state index contributed by atoms with van der Waals surface area (Å²) in [5, 5.41) is 14.1.